The van der Waals surface area contributed by atoms with Crippen molar-refractivity contribution in [3.05, 3.63) is 36.2 Å². The van der Waals surface area contributed by atoms with Gasteiger partial charge in [-0.1, -0.05) is 6.92 Å². The summed E-state index contributed by atoms with van der Waals surface area (Å²) in [4.78, 5) is 18.9. The minimum atomic E-state index is -0.00844. The van der Waals surface area contributed by atoms with Gasteiger partial charge < -0.3 is 24.4 Å². The summed E-state index contributed by atoms with van der Waals surface area (Å²) < 4.78 is 16.1. The van der Waals surface area contributed by atoms with Gasteiger partial charge >= 0.3 is 0 Å². The van der Waals surface area contributed by atoms with E-state index in [0.717, 1.165) is 30.9 Å². The molecule has 1 atom stereocenters. The molecule has 0 aliphatic carbocycles. The van der Waals surface area contributed by atoms with Crippen molar-refractivity contribution in [3.8, 4) is 17.2 Å². The van der Waals surface area contributed by atoms with Gasteiger partial charge in [0.2, 0.25) is 5.75 Å². The quantitative estimate of drug-likeness (QED) is 0.817. The Hall–Kier alpha value is -2.96. The third-order valence-electron chi connectivity index (χ3n) is 4.88. The molecule has 1 unspecified atom stereocenters. The lowest BCUT2D eigenvalue weighted by atomic mass is 10.00. The number of piperidine rings is 1. The van der Waals surface area contributed by atoms with Crippen LogP contribution in [0.1, 0.15) is 30.3 Å². The molecule has 2 heterocycles. The number of hydrogen-bond acceptors (Lipinski definition) is 6. The fourth-order valence-corrected chi connectivity index (χ4v) is 3.45. The first-order chi connectivity index (χ1) is 13.5. The van der Waals surface area contributed by atoms with E-state index in [1.807, 2.05) is 23.1 Å². The maximum absolute atomic E-state index is 12.6. The predicted molar refractivity (Wildman–Crippen MR) is 108 cm³/mol. The molecule has 1 aromatic heterocycles. The van der Waals surface area contributed by atoms with Gasteiger partial charge in [0.1, 0.15) is 5.69 Å². The van der Waals surface area contributed by atoms with Crippen molar-refractivity contribution in [2.24, 2.45) is 5.92 Å². The van der Waals surface area contributed by atoms with E-state index >= 15 is 0 Å². The van der Waals surface area contributed by atoms with Crippen LogP contribution in [0.4, 0.5) is 11.4 Å². The Morgan fingerprint density at radius 1 is 1.11 bits per heavy atom. The zero-order valence-electron chi connectivity index (χ0n) is 16.8. The maximum atomic E-state index is 12.6. The molecule has 7 heteroatoms. The number of methoxy groups -OCH3 is 3. The number of amides is 1. The fraction of sp³-hybridized carbons (Fsp3) is 0.429. The molecule has 1 aromatic carbocycles. The van der Waals surface area contributed by atoms with Gasteiger partial charge in [0.05, 0.1) is 33.2 Å². The number of anilines is 2. The Morgan fingerprint density at radius 3 is 2.36 bits per heavy atom. The lowest BCUT2D eigenvalue weighted by molar-refractivity contribution is 0.0677. The summed E-state index contributed by atoms with van der Waals surface area (Å²) in [5.41, 5.74) is 1.99. The molecule has 1 aliphatic rings. The predicted octanol–water partition coefficient (Wildman–Crippen LogP) is 3.72. The number of nitrogens with one attached hydrogen (secondary N) is 1. The number of likely N-dealkylation sites (tertiary alicyclic amines) is 1. The molecule has 0 radical (unpaired) electrons. The lowest BCUT2D eigenvalue weighted by Gasteiger charge is -2.30. The molecule has 1 fully saturated rings. The first-order valence-electron chi connectivity index (χ1n) is 9.38. The fourth-order valence-electron chi connectivity index (χ4n) is 3.45. The number of pyridine rings is 1. The highest BCUT2D eigenvalue weighted by molar-refractivity contribution is 5.92. The van der Waals surface area contributed by atoms with Gasteiger partial charge in [-0.15, -0.1) is 0 Å². The van der Waals surface area contributed by atoms with Gasteiger partial charge in [-0.2, -0.15) is 0 Å². The van der Waals surface area contributed by atoms with Gasteiger partial charge in [0.25, 0.3) is 5.91 Å². The molecule has 28 heavy (non-hydrogen) atoms. The second-order valence-electron chi connectivity index (χ2n) is 6.97. The average molecular weight is 385 g/mol. The molecule has 1 amide bonds. The minimum absolute atomic E-state index is 0.00844. The van der Waals surface area contributed by atoms with Crippen LogP contribution in [0.3, 0.4) is 0 Å². The van der Waals surface area contributed by atoms with Gasteiger partial charge in [0.15, 0.2) is 11.5 Å². The Bertz CT molecular complexity index is 798. The molecule has 3 rings (SSSR count). The standard InChI is InChI=1S/C21H27N3O4/c1-14-6-5-9-24(13-14)21(25)17-8-7-15(12-22-17)23-16-10-18(26-2)20(28-4)19(11-16)27-3/h7-8,10-12,14,23H,5-6,9,13H2,1-4H3. The molecular formula is C21H27N3O4. The molecule has 0 saturated carbocycles. The molecule has 1 aliphatic heterocycles. The summed E-state index contributed by atoms with van der Waals surface area (Å²) in [6, 6.07) is 7.23. The number of rotatable bonds is 6. The van der Waals surface area contributed by atoms with Crippen LogP contribution >= 0.6 is 0 Å². The Balaban J connectivity index is 1.75. The molecule has 0 bridgehead atoms. The zero-order valence-corrected chi connectivity index (χ0v) is 16.8. The van der Waals surface area contributed by atoms with E-state index in [-0.39, 0.29) is 5.91 Å². The highest BCUT2D eigenvalue weighted by Crippen LogP contribution is 2.40. The number of carbonyl (C=O) groups is 1. The summed E-state index contributed by atoms with van der Waals surface area (Å²) >= 11 is 0. The van der Waals surface area contributed by atoms with Crippen molar-refractivity contribution in [2.45, 2.75) is 19.8 Å². The van der Waals surface area contributed by atoms with Crippen molar-refractivity contribution < 1.29 is 19.0 Å². The number of aromatic nitrogens is 1. The molecule has 1 N–H and O–H groups in total. The molecule has 0 spiro atoms. The van der Waals surface area contributed by atoms with Crippen molar-refractivity contribution in [1.29, 1.82) is 0 Å². The van der Waals surface area contributed by atoms with Gasteiger partial charge in [-0.05, 0) is 30.9 Å². The van der Waals surface area contributed by atoms with E-state index in [1.54, 1.807) is 33.6 Å². The summed E-state index contributed by atoms with van der Waals surface area (Å²) in [5, 5.41) is 3.25. The molecule has 150 valence electrons. The molecule has 7 nitrogen and oxygen atoms in total. The summed E-state index contributed by atoms with van der Waals surface area (Å²) in [7, 11) is 4.71. The van der Waals surface area contributed by atoms with Crippen molar-refractivity contribution >= 4 is 17.3 Å². The zero-order chi connectivity index (χ0) is 20.1. The highest BCUT2D eigenvalue weighted by atomic mass is 16.5. The first-order valence-corrected chi connectivity index (χ1v) is 9.38. The van der Waals surface area contributed by atoms with Crippen molar-refractivity contribution in [2.75, 3.05) is 39.7 Å². The van der Waals surface area contributed by atoms with Gasteiger partial charge in [-0.3, -0.25) is 4.79 Å². The van der Waals surface area contributed by atoms with Crippen molar-refractivity contribution in [3.63, 3.8) is 0 Å². The Labute approximate surface area is 165 Å². The van der Waals surface area contributed by atoms with Crippen LogP contribution in [0, 0.1) is 5.92 Å². The van der Waals surface area contributed by atoms with Crippen LogP contribution in [-0.2, 0) is 0 Å². The highest BCUT2D eigenvalue weighted by Gasteiger charge is 2.22. The number of ether oxygens (including phenoxy) is 3. The van der Waals surface area contributed by atoms with E-state index in [9.17, 15) is 4.79 Å². The lowest BCUT2D eigenvalue weighted by Crippen LogP contribution is -2.39. The van der Waals surface area contributed by atoms with Crippen molar-refractivity contribution in [1.82, 2.24) is 9.88 Å². The van der Waals surface area contributed by atoms with Crippen LogP contribution in [-0.4, -0.2) is 50.2 Å². The average Bonchev–Trinajstić information content (AvgIpc) is 2.73. The third-order valence-corrected chi connectivity index (χ3v) is 4.88. The topological polar surface area (TPSA) is 72.9 Å². The SMILES string of the molecule is COc1cc(Nc2ccc(C(=O)N3CCCC(C)C3)nc2)cc(OC)c1OC. The number of carbonyl (C=O) groups excluding carboxylic acids is 1. The van der Waals surface area contributed by atoms with Gasteiger partial charge in [-0.25, -0.2) is 4.98 Å². The monoisotopic (exact) mass is 385 g/mol. The normalized spacial score (nSPS) is 16.4. The van der Waals surface area contributed by atoms with Crippen LogP contribution in [0.25, 0.3) is 0 Å². The smallest absolute Gasteiger partial charge is 0.272 e. The summed E-state index contributed by atoms with van der Waals surface area (Å²) in [6.45, 7) is 3.78. The van der Waals surface area contributed by atoms with E-state index in [0.29, 0.717) is 28.9 Å². The third kappa shape index (κ3) is 4.30. The van der Waals surface area contributed by atoms with Crippen LogP contribution in [0.5, 0.6) is 17.2 Å². The maximum Gasteiger partial charge on any atom is 0.272 e. The van der Waals surface area contributed by atoms with Crippen LogP contribution in [0.15, 0.2) is 30.5 Å². The first kappa shape index (κ1) is 19.8. The number of hydrogen-bond donors (Lipinski definition) is 1. The summed E-state index contributed by atoms with van der Waals surface area (Å²) in [6.07, 6.45) is 3.88. The number of benzene rings is 1. The largest absolute Gasteiger partial charge is 0.493 e. The molecule has 1 saturated heterocycles. The van der Waals surface area contributed by atoms with E-state index < -0.39 is 0 Å². The van der Waals surface area contributed by atoms with Crippen LogP contribution in [0.2, 0.25) is 0 Å². The Morgan fingerprint density at radius 2 is 1.82 bits per heavy atom. The van der Waals surface area contributed by atoms with E-state index in [1.165, 1.54) is 6.42 Å². The number of nitrogens with zero attached hydrogens (tertiary/aromatic N) is 2. The second kappa shape index (κ2) is 8.82. The molecule has 2 aromatic rings. The van der Waals surface area contributed by atoms with E-state index in [4.69, 9.17) is 14.2 Å². The van der Waals surface area contributed by atoms with Gasteiger partial charge in [0, 0.05) is 30.9 Å². The molecular weight excluding hydrogens is 358 g/mol. The minimum Gasteiger partial charge on any atom is -0.493 e. The second-order valence-corrected chi connectivity index (χ2v) is 6.97. The van der Waals surface area contributed by atoms with Crippen LogP contribution < -0.4 is 19.5 Å². The Kier molecular flexibility index (Phi) is 6.23. The van der Waals surface area contributed by atoms with E-state index in [2.05, 4.69) is 17.2 Å². The summed E-state index contributed by atoms with van der Waals surface area (Å²) in [5.74, 6) is 2.18.